The van der Waals surface area contributed by atoms with Gasteiger partial charge in [-0.25, -0.2) is 9.97 Å². The van der Waals surface area contributed by atoms with E-state index in [9.17, 15) is 4.79 Å². The van der Waals surface area contributed by atoms with Crippen molar-refractivity contribution >= 4 is 44.4 Å². The molecule has 0 aliphatic rings. The minimum absolute atomic E-state index is 0.00373. The van der Waals surface area contributed by atoms with Crippen molar-refractivity contribution < 1.29 is 4.79 Å². The van der Waals surface area contributed by atoms with Crippen LogP contribution in [-0.4, -0.2) is 22.4 Å². The van der Waals surface area contributed by atoms with Crippen LogP contribution in [0.1, 0.15) is 10.4 Å². The molecule has 0 unspecified atom stereocenters. The van der Waals surface area contributed by atoms with Crippen LogP contribution in [0.5, 0.6) is 0 Å². The molecule has 0 radical (unpaired) electrons. The molecule has 2 aromatic rings. The normalized spacial score (nSPS) is 9.85. The Kier molecular flexibility index (Phi) is 5.03. The van der Waals surface area contributed by atoms with E-state index in [2.05, 4.69) is 31.2 Å². The zero-order valence-electron chi connectivity index (χ0n) is 10.1. The Hall–Kier alpha value is -1.53. The molecule has 20 heavy (non-hydrogen) atoms. The summed E-state index contributed by atoms with van der Waals surface area (Å²) >= 11 is 5.45. The summed E-state index contributed by atoms with van der Waals surface area (Å²) in [7, 11) is 0. The van der Waals surface area contributed by atoms with Crippen molar-refractivity contribution in [2.24, 2.45) is 0 Å². The molecule has 0 bridgehead atoms. The monoisotopic (exact) mass is 442 g/mol. The minimum Gasteiger partial charge on any atom is -0.339 e. The van der Waals surface area contributed by atoms with E-state index < -0.39 is 0 Å². The fourth-order valence-corrected chi connectivity index (χ4v) is 2.35. The predicted molar refractivity (Wildman–Crippen MR) is 85.8 cm³/mol. The molecule has 0 saturated carbocycles. The summed E-state index contributed by atoms with van der Waals surface area (Å²) in [6.45, 7) is -0.00373. The highest BCUT2D eigenvalue weighted by atomic mass is 127. The second-order valence-corrected chi connectivity index (χ2v) is 5.57. The lowest BCUT2D eigenvalue weighted by atomic mass is 10.1. The number of benzene rings is 1. The summed E-state index contributed by atoms with van der Waals surface area (Å²) in [5, 5.41) is 10.9. The molecule has 1 aromatic heterocycles. The number of halogens is 2. The maximum Gasteiger partial charge on any atom is 0.252 e. The van der Waals surface area contributed by atoms with E-state index >= 15 is 0 Å². The highest BCUT2D eigenvalue weighted by Gasteiger charge is 2.09. The number of carbonyl (C=O) groups is 1. The molecule has 0 atom stereocenters. The van der Waals surface area contributed by atoms with Crippen molar-refractivity contribution in [3.8, 4) is 17.3 Å². The second-order valence-electron chi connectivity index (χ2n) is 3.75. The van der Waals surface area contributed by atoms with Crippen molar-refractivity contribution in [2.45, 2.75) is 0 Å². The number of hydrogen-bond acceptors (Lipinski definition) is 4. The number of hydrogen-bond donors (Lipinski definition) is 1. The van der Waals surface area contributed by atoms with Crippen LogP contribution < -0.4 is 5.32 Å². The van der Waals surface area contributed by atoms with E-state index in [1.807, 2.05) is 40.8 Å². The third-order valence-electron chi connectivity index (χ3n) is 2.46. The number of nitrogens with zero attached hydrogens (tertiary/aromatic N) is 3. The minimum atomic E-state index is -0.269. The summed E-state index contributed by atoms with van der Waals surface area (Å²) in [4.78, 5) is 20.1. The molecule has 1 heterocycles. The molecular formula is C13H8BrIN4O. The molecule has 1 aromatic carbocycles. The van der Waals surface area contributed by atoms with E-state index in [-0.39, 0.29) is 12.5 Å². The van der Waals surface area contributed by atoms with E-state index in [1.165, 1.54) is 0 Å². The first-order valence-electron chi connectivity index (χ1n) is 5.55. The van der Waals surface area contributed by atoms with Gasteiger partial charge < -0.3 is 5.32 Å². The zero-order chi connectivity index (χ0) is 14.5. The summed E-state index contributed by atoms with van der Waals surface area (Å²) in [5.41, 5.74) is 2.16. The van der Waals surface area contributed by atoms with Crippen molar-refractivity contribution in [1.82, 2.24) is 15.3 Å². The molecule has 0 fully saturated rings. The SMILES string of the molecule is N#CCNC(=O)c1ccc(-c2nc(I)ncc2Br)cc1. The fraction of sp³-hybridized carbons (Fsp3) is 0.0769. The third kappa shape index (κ3) is 3.52. The van der Waals surface area contributed by atoms with Crippen molar-refractivity contribution in [1.29, 1.82) is 5.26 Å². The summed E-state index contributed by atoms with van der Waals surface area (Å²) in [6, 6.07) is 8.88. The van der Waals surface area contributed by atoms with Gasteiger partial charge in [0.2, 0.25) is 0 Å². The lowest BCUT2D eigenvalue weighted by molar-refractivity contribution is 0.0958. The van der Waals surface area contributed by atoms with E-state index in [0.717, 1.165) is 15.7 Å². The van der Waals surface area contributed by atoms with Crippen LogP contribution in [0.4, 0.5) is 0 Å². The van der Waals surface area contributed by atoms with Crippen LogP contribution in [0.2, 0.25) is 0 Å². The molecule has 1 amide bonds. The van der Waals surface area contributed by atoms with Gasteiger partial charge >= 0.3 is 0 Å². The van der Waals surface area contributed by atoms with E-state index in [1.54, 1.807) is 18.3 Å². The van der Waals surface area contributed by atoms with Gasteiger partial charge in [-0.15, -0.1) is 0 Å². The Balaban J connectivity index is 2.26. The smallest absolute Gasteiger partial charge is 0.252 e. The van der Waals surface area contributed by atoms with Crippen LogP contribution in [0.3, 0.4) is 0 Å². The van der Waals surface area contributed by atoms with Gasteiger partial charge in [0, 0.05) is 39.9 Å². The fourth-order valence-electron chi connectivity index (χ4n) is 1.55. The molecule has 2 rings (SSSR count). The standard InChI is InChI=1S/C13H8BrIN4O/c14-10-7-18-13(15)19-11(10)8-1-3-9(4-2-8)12(20)17-6-5-16/h1-4,7H,6H2,(H,17,20). The van der Waals surface area contributed by atoms with Crippen molar-refractivity contribution in [3.63, 3.8) is 0 Å². The number of nitriles is 1. The molecule has 0 aliphatic carbocycles. The van der Waals surface area contributed by atoms with Gasteiger partial charge in [0.1, 0.15) is 6.54 Å². The first kappa shape index (κ1) is 14.9. The molecule has 7 heteroatoms. The summed E-state index contributed by atoms with van der Waals surface area (Å²) in [6.07, 6.45) is 1.69. The quantitative estimate of drug-likeness (QED) is 0.450. The van der Waals surface area contributed by atoms with Gasteiger partial charge in [0.05, 0.1) is 16.2 Å². The van der Waals surface area contributed by atoms with Crippen molar-refractivity contribution in [2.75, 3.05) is 6.54 Å². The highest BCUT2D eigenvalue weighted by Crippen LogP contribution is 2.26. The van der Waals surface area contributed by atoms with Crippen LogP contribution in [0.15, 0.2) is 34.9 Å². The van der Waals surface area contributed by atoms with Crippen molar-refractivity contribution in [3.05, 3.63) is 44.3 Å². The number of amides is 1. The predicted octanol–water partition coefficient (Wildman–Crippen LogP) is 2.76. The lowest BCUT2D eigenvalue weighted by Gasteiger charge is -2.05. The van der Waals surface area contributed by atoms with Gasteiger partial charge in [-0.3, -0.25) is 4.79 Å². The first-order chi connectivity index (χ1) is 9.61. The highest BCUT2D eigenvalue weighted by molar-refractivity contribution is 14.1. The molecule has 0 saturated heterocycles. The molecule has 5 nitrogen and oxygen atoms in total. The Labute approximate surface area is 137 Å². The maximum atomic E-state index is 11.7. The van der Waals surface area contributed by atoms with Gasteiger partial charge in [-0.1, -0.05) is 12.1 Å². The van der Waals surface area contributed by atoms with Gasteiger partial charge in [0.15, 0.2) is 3.83 Å². The first-order valence-corrected chi connectivity index (χ1v) is 7.42. The van der Waals surface area contributed by atoms with E-state index in [4.69, 9.17) is 5.26 Å². The summed E-state index contributed by atoms with van der Waals surface area (Å²) < 4.78 is 1.44. The molecule has 1 N–H and O–H groups in total. The topological polar surface area (TPSA) is 78.7 Å². The van der Waals surface area contributed by atoms with Crippen LogP contribution >= 0.6 is 38.5 Å². The molecule has 0 spiro atoms. The Morgan fingerprint density at radius 2 is 2.10 bits per heavy atom. The third-order valence-corrected chi connectivity index (χ3v) is 3.56. The average molecular weight is 443 g/mol. The largest absolute Gasteiger partial charge is 0.339 e. The Morgan fingerprint density at radius 1 is 1.40 bits per heavy atom. The number of carbonyl (C=O) groups excluding carboxylic acids is 1. The molecule has 100 valence electrons. The molecular weight excluding hydrogens is 435 g/mol. The summed E-state index contributed by atoms with van der Waals surface area (Å²) in [5.74, 6) is -0.269. The second kappa shape index (κ2) is 6.76. The maximum absolute atomic E-state index is 11.7. The zero-order valence-corrected chi connectivity index (χ0v) is 13.8. The van der Waals surface area contributed by atoms with E-state index in [0.29, 0.717) is 9.39 Å². The number of nitrogens with one attached hydrogen (secondary N) is 1. The molecule has 0 aliphatic heterocycles. The Bertz CT molecular complexity index is 682. The Morgan fingerprint density at radius 3 is 2.75 bits per heavy atom. The van der Waals surface area contributed by atoms with Crippen LogP contribution in [0.25, 0.3) is 11.3 Å². The van der Waals surface area contributed by atoms with Crippen LogP contribution in [0, 0.1) is 15.2 Å². The van der Waals surface area contributed by atoms with Gasteiger partial charge in [-0.2, -0.15) is 5.26 Å². The average Bonchev–Trinajstić information content (AvgIpc) is 2.47. The number of aromatic nitrogens is 2. The van der Waals surface area contributed by atoms with Crippen LogP contribution in [-0.2, 0) is 0 Å². The number of rotatable bonds is 3. The van der Waals surface area contributed by atoms with Gasteiger partial charge in [0.25, 0.3) is 5.91 Å². The lowest BCUT2D eigenvalue weighted by Crippen LogP contribution is -2.23. The van der Waals surface area contributed by atoms with Gasteiger partial charge in [-0.05, 0) is 28.1 Å².